The molecule has 8 nitrogen and oxygen atoms in total. The van der Waals surface area contributed by atoms with Gasteiger partial charge in [0.15, 0.2) is 0 Å². The third-order valence-electron chi connectivity index (χ3n) is 7.89. The minimum absolute atomic E-state index is 0.00740. The molecule has 2 aliphatic rings. The molecule has 1 aliphatic carbocycles. The van der Waals surface area contributed by atoms with Crippen LogP contribution in [0.1, 0.15) is 54.4 Å². The summed E-state index contributed by atoms with van der Waals surface area (Å²) in [5.74, 6) is -1.14. The number of carbonyl (C=O) groups is 2. The van der Waals surface area contributed by atoms with Gasteiger partial charge in [0.25, 0.3) is 5.91 Å². The maximum Gasteiger partial charge on any atom is 0.417 e. The zero-order valence-corrected chi connectivity index (χ0v) is 22.1. The molecule has 1 aliphatic heterocycles. The molecule has 2 aromatic carbocycles. The SMILES string of the molecule is N#Cc1ccc(NC(=O)C(O)(Cc2cccc(CN3CCN(C(=O)O)CC3)c2)C2CCCCC2)cc1C(F)(F)F. The molecule has 0 bridgehead atoms. The van der Waals surface area contributed by atoms with Crippen molar-refractivity contribution < 1.29 is 33.0 Å². The lowest BCUT2D eigenvalue weighted by molar-refractivity contribution is -0.142. The number of rotatable bonds is 7. The van der Waals surface area contributed by atoms with Gasteiger partial charge >= 0.3 is 12.3 Å². The summed E-state index contributed by atoms with van der Waals surface area (Å²) < 4.78 is 40.4. The van der Waals surface area contributed by atoms with Crippen LogP contribution in [0.2, 0.25) is 0 Å². The van der Waals surface area contributed by atoms with Crippen LogP contribution in [0, 0.1) is 17.2 Å². The van der Waals surface area contributed by atoms with Crippen LogP contribution in [0.25, 0.3) is 0 Å². The summed E-state index contributed by atoms with van der Waals surface area (Å²) >= 11 is 0. The summed E-state index contributed by atoms with van der Waals surface area (Å²) in [5, 5.41) is 32.6. The van der Waals surface area contributed by atoms with E-state index in [1.807, 2.05) is 24.3 Å². The molecule has 0 aromatic heterocycles. The quantitative estimate of drug-likeness (QED) is 0.447. The second kappa shape index (κ2) is 12.3. The number of carboxylic acid groups (broad SMARTS) is 1. The zero-order chi connectivity index (χ0) is 28.9. The second-order valence-electron chi connectivity index (χ2n) is 10.6. The fourth-order valence-corrected chi connectivity index (χ4v) is 5.69. The highest BCUT2D eigenvalue weighted by atomic mass is 19.4. The minimum atomic E-state index is -4.77. The molecule has 0 radical (unpaired) electrons. The monoisotopic (exact) mass is 558 g/mol. The first-order chi connectivity index (χ1) is 19.0. The number of aliphatic hydroxyl groups is 1. The number of hydrogen-bond donors (Lipinski definition) is 3. The van der Waals surface area contributed by atoms with Gasteiger partial charge in [0.2, 0.25) is 0 Å². The van der Waals surface area contributed by atoms with Gasteiger partial charge in [0.05, 0.1) is 17.2 Å². The molecule has 214 valence electrons. The Labute approximate surface area is 231 Å². The first kappa shape index (κ1) is 29.4. The van der Waals surface area contributed by atoms with E-state index in [2.05, 4.69) is 10.2 Å². The van der Waals surface area contributed by atoms with E-state index in [4.69, 9.17) is 10.4 Å². The summed E-state index contributed by atoms with van der Waals surface area (Å²) in [6, 6.07) is 12.0. The van der Waals surface area contributed by atoms with Crippen LogP contribution in [0.15, 0.2) is 42.5 Å². The topological polar surface area (TPSA) is 117 Å². The van der Waals surface area contributed by atoms with E-state index in [0.717, 1.165) is 42.5 Å². The highest BCUT2D eigenvalue weighted by Crippen LogP contribution is 2.37. The van der Waals surface area contributed by atoms with Crippen LogP contribution >= 0.6 is 0 Å². The maximum absolute atomic E-state index is 13.6. The molecular weight excluding hydrogens is 525 g/mol. The summed E-state index contributed by atoms with van der Waals surface area (Å²) in [7, 11) is 0. The molecule has 1 unspecified atom stereocenters. The number of nitrogens with zero attached hydrogens (tertiary/aromatic N) is 3. The average Bonchev–Trinajstić information content (AvgIpc) is 2.93. The van der Waals surface area contributed by atoms with E-state index < -0.39 is 34.9 Å². The van der Waals surface area contributed by atoms with Crippen LogP contribution in [-0.4, -0.2) is 63.8 Å². The van der Waals surface area contributed by atoms with Gasteiger partial charge in [-0.1, -0.05) is 43.5 Å². The largest absolute Gasteiger partial charge is 0.465 e. The molecule has 3 N–H and O–H groups in total. The van der Waals surface area contributed by atoms with E-state index in [1.165, 1.54) is 17.0 Å². The lowest BCUT2D eigenvalue weighted by Crippen LogP contribution is -2.51. The lowest BCUT2D eigenvalue weighted by atomic mass is 9.73. The lowest BCUT2D eigenvalue weighted by Gasteiger charge is -2.37. The molecule has 1 saturated heterocycles. The average molecular weight is 559 g/mol. The summed E-state index contributed by atoms with van der Waals surface area (Å²) in [5.41, 5.74) is -2.01. The van der Waals surface area contributed by atoms with Crippen molar-refractivity contribution in [2.75, 3.05) is 31.5 Å². The number of nitrogens with one attached hydrogen (secondary N) is 1. The molecule has 1 heterocycles. The zero-order valence-electron chi connectivity index (χ0n) is 22.1. The molecule has 1 saturated carbocycles. The summed E-state index contributed by atoms with van der Waals surface area (Å²) in [6.45, 7) is 2.61. The molecule has 2 aromatic rings. The van der Waals surface area contributed by atoms with Crippen molar-refractivity contribution in [3.8, 4) is 6.07 Å². The molecule has 2 fully saturated rings. The number of carbonyl (C=O) groups excluding carboxylic acids is 1. The van der Waals surface area contributed by atoms with Crippen LogP contribution in [0.5, 0.6) is 0 Å². The Morgan fingerprint density at radius 3 is 2.30 bits per heavy atom. The number of benzene rings is 2. The maximum atomic E-state index is 13.6. The molecule has 40 heavy (non-hydrogen) atoms. The Morgan fingerprint density at radius 1 is 1.00 bits per heavy atom. The van der Waals surface area contributed by atoms with Gasteiger partial charge in [0, 0.05) is 44.8 Å². The number of anilines is 1. The Balaban J connectivity index is 1.54. The van der Waals surface area contributed by atoms with Crippen molar-refractivity contribution >= 4 is 17.7 Å². The Kier molecular flexibility index (Phi) is 9.01. The van der Waals surface area contributed by atoms with Gasteiger partial charge in [-0.3, -0.25) is 9.69 Å². The highest BCUT2D eigenvalue weighted by molar-refractivity contribution is 5.97. The van der Waals surface area contributed by atoms with Crippen molar-refractivity contribution in [3.05, 3.63) is 64.7 Å². The molecule has 1 atom stereocenters. The van der Waals surface area contributed by atoms with Crippen molar-refractivity contribution in [1.82, 2.24) is 9.80 Å². The fraction of sp³-hybridized carbons (Fsp3) is 0.483. The van der Waals surface area contributed by atoms with E-state index in [9.17, 15) is 27.9 Å². The molecular formula is C29H33F3N4O4. The molecule has 11 heteroatoms. The Morgan fingerprint density at radius 2 is 1.68 bits per heavy atom. The van der Waals surface area contributed by atoms with Gasteiger partial charge in [-0.05, 0) is 48.1 Å². The molecule has 4 rings (SSSR count). The number of alkyl halides is 3. The first-order valence-electron chi connectivity index (χ1n) is 13.4. The van der Waals surface area contributed by atoms with Gasteiger partial charge in [-0.2, -0.15) is 18.4 Å². The number of hydrogen-bond acceptors (Lipinski definition) is 5. The summed E-state index contributed by atoms with van der Waals surface area (Å²) in [6.07, 6.45) is -1.79. The Bertz CT molecular complexity index is 1260. The van der Waals surface area contributed by atoms with E-state index in [0.29, 0.717) is 45.6 Å². The fourth-order valence-electron chi connectivity index (χ4n) is 5.69. The van der Waals surface area contributed by atoms with Gasteiger partial charge in [-0.15, -0.1) is 0 Å². The second-order valence-corrected chi connectivity index (χ2v) is 10.6. The van der Waals surface area contributed by atoms with Gasteiger partial charge < -0.3 is 20.4 Å². The normalized spacial score (nSPS) is 18.5. The smallest absolute Gasteiger partial charge is 0.417 e. The van der Waals surface area contributed by atoms with E-state index >= 15 is 0 Å². The Hall–Kier alpha value is -3.62. The predicted molar refractivity (Wildman–Crippen MR) is 141 cm³/mol. The van der Waals surface area contributed by atoms with Crippen molar-refractivity contribution in [2.24, 2.45) is 5.92 Å². The predicted octanol–water partition coefficient (Wildman–Crippen LogP) is 4.87. The third kappa shape index (κ3) is 6.92. The standard InChI is InChI=1S/C29H33F3N4O4/c30-29(31,32)25-16-24(10-9-22(25)18-33)34-26(37)28(40,23-7-2-1-3-8-23)17-20-5-4-6-21(15-20)19-35-11-13-36(14-12-35)27(38)39/h4-6,9-10,15-16,23,40H,1-3,7-8,11-14,17,19H2,(H,34,37)(H,38,39). The van der Waals surface area contributed by atoms with Gasteiger partial charge in [0.1, 0.15) is 5.60 Å². The molecule has 0 spiro atoms. The molecule has 2 amide bonds. The highest BCUT2D eigenvalue weighted by Gasteiger charge is 2.44. The third-order valence-corrected chi connectivity index (χ3v) is 7.89. The van der Waals surface area contributed by atoms with Crippen LogP contribution in [0.3, 0.4) is 0 Å². The number of amides is 2. The van der Waals surface area contributed by atoms with E-state index in [-0.39, 0.29) is 18.0 Å². The van der Waals surface area contributed by atoms with Crippen LogP contribution < -0.4 is 5.32 Å². The van der Waals surface area contributed by atoms with E-state index in [1.54, 1.807) is 0 Å². The van der Waals surface area contributed by atoms with Crippen LogP contribution in [0.4, 0.5) is 23.7 Å². The summed E-state index contributed by atoms with van der Waals surface area (Å²) in [4.78, 5) is 28.3. The van der Waals surface area contributed by atoms with Crippen molar-refractivity contribution in [2.45, 2.75) is 56.8 Å². The first-order valence-corrected chi connectivity index (χ1v) is 13.4. The van der Waals surface area contributed by atoms with Crippen LogP contribution in [-0.2, 0) is 23.9 Å². The van der Waals surface area contributed by atoms with Gasteiger partial charge in [-0.25, -0.2) is 4.79 Å². The van der Waals surface area contributed by atoms with Crippen molar-refractivity contribution in [3.63, 3.8) is 0 Å². The minimum Gasteiger partial charge on any atom is -0.465 e. The number of halogens is 3. The van der Waals surface area contributed by atoms with Crippen molar-refractivity contribution in [1.29, 1.82) is 5.26 Å². The number of nitriles is 1. The number of piperazine rings is 1.